The van der Waals surface area contributed by atoms with Gasteiger partial charge in [-0.25, -0.2) is 13.2 Å². The molecule has 2 nitrogen and oxygen atoms in total. The molecule has 0 spiro atoms. The quantitative estimate of drug-likeness (QED) is 0.863. The average molecular weight is 288 g/mol. The van der Waals surface area contributed by atoms with E-state index in [-0.39, 0.29) is 24.4 Å². The van der Waals surface area contributed by atoms with Gasteiger partial charge in [0.25, 0.3) is 6.43 Å². The average Bonchev–Trinajstić information content (AvgIpc) is 2.28. The van der Waals surface area contributed by atoms with Gasteiger partial charge in [0.2, 0.25) is 0 Å². The highest BCUT2D eigenvalue weighted by atomic mass is 19.3. The molecule has 114 valence electrons. The fourth-order valence-corrected chi connectivity index (χ4v) is 1.82. The molecule has 0 saturated heterocycles. The molecule has 0 unspecified atom stereocenters. The highest BCUT2D eigenvalue weighted by Crippen LogP contribution is 2.14. The van der Waals surface area contributed by atoms with E-state index in [1.54, 1.807) is 19.2 Å². The lowest BCUT2D eigenvalue weighted by Crippen LogP contribution is -2.35. The predicted molar refractivity (Wildman–Crippen MR) is 75.3 cm³/mol. The van der Waals surface area contributed by atoms with Crippen LogP contribution >= 0.6 is 0 Å². The zero-order chi connectivity index (χ0) is 15.3. The molecular weight excluding hydrogens is 265 g/mol. The molecule has 0 fully saturated rings. The highest BCUT2D eigenvalue weighted by Gasteiger charge is 2.12. The number of halogens is 3. The Labute approximate surface area is 119 Å². The Morgan fingerprint density at radius 2 is 1.90 bits per heavy atom. The van der Waals surface area contributed by atoms with Gasteiger partial charge in [-0.05, 0) is 39.4 Å². The Balaban J connectivity index is 2.71. The number of hydrogen-bond donors (Lipinski definition) is 1. The number of hydrogen-bond acceptors (Lipinski definition) is 2. The maximum absolute atomic E-state index is 13.7. The van der Waals surface area contributed by atoms with Crippen molar-refractivity contribution in [2.45, 2.75) is 45.8 Å². The molecule has 0 aliphatic rings. The molecule has 5 heteroatoms. The van der Waals surface area contributed by atoms with Gasteiger partial charge in [0.05, 0.1) is 6.54 Å². The molecular formula is C15H23F3N2. The molecule has 0 radical (unpaired) electrons. The van der Waals surface area contributed by atoms with Crippen LogP contribution in [0.25, 0.3) is 0 Å². The van der Waals surface area contributed by atoms with E-state index in [0.29, 0.717) is 12.1 Å². The Morgan fingerprint density at radius 1 is 1.25 bits per heavy atom. The molecule has 1 N–H and O–H groups in total. The van der Waals surface area contributed by atoms with Crippen molar-refractivity contribution in [3.63, 3.8) is 0 Å². The maximum atomic E-state index is 13.7. The normalized spacial score (nSPS) is 12.4. The fourth-order valence-electron chi connectivity index (χ4n) is 1.82. The van der Waals surface area contributed by atoms with Crippen molar-refractivity contribution in [3.05, 3.63) is 35.1 Å². The minimum absolute atomic E-state index is 0.0268. The van der Waals surface area contributed by atoms with Crippen LogP contribution < -0.4 is 5.32 Å². The molecule has 0 bridgehead atoms. The third-order valence-electron chi connectivity index (χ3n) is 2.82. The molecule has 20 heavy (non-hydrogen) atoms. The smallest absolute Gasteiger partial charge is 0.251 e. The molecule has 0 saturated carbocycles. The van der Waals surface area contributed by atoms with Gasteiger partial charge in [0, 0.05) is 24.2 Å². The van der Waals surface area contributed by atoms with E-state index in [1.165, 1.54) is 11.0 Å². The molecule has 0 amide bonds. The minimum Gasteiger partial charge on any atom is -0.308 e. The Bertz CT molecular complexity index is 428. The van der Waals surface area contributed by atoms with Gasteiger partial charge in [-0.15, -0.1) is 0 Å². The summed E-state index contributed by atoms with van der Waals surface area (Å²) in [6.07, 6.45) is -2.41. The van der Waals surface area contributed by atoms with Gasteiger partial charge < -0.3 is 5.32 Å². The second-order valence-electron chi connectivity index (χ2n) is 6.12. The minimum atomic E-state index is -2.41. The first kappa shape index (κ1) is 17.0. The van der Waals surface area contributed by atoms with Gasteiger partial charge >= 0.3 is 0 Å². The first-order valence-corrected chi connectivity index (χ1v) is 6.66. The lowest BCUT2D eigenvalue weighted by molar-refractivity contribution is 0.0970. The molecule has 1 aromatic carbocycles. The summed E-state index contributed by atoms with van der Waals surface area (Å²) in [7, 11) is 1.56. The number of nitrogens with zero attached hydrogens (tertiary/aromatic N) is 1. The Hall–Kier alpha value is -1.07. The van der Waals surface area contributed by atoms with Crippen molar-refractivity contribution >= 4 is 0 Å². The summed E-state index contributed by atoms with van der Waals surface area (Å²) in [6, 6.07) is 4.84. The number of benzene rings is 1. The van der Waals surface area contributed by atoms with Crippen LogP contribution in [0.3, 0.4) is 0 Å². The molecule has 0 heterocycles. The van der Waals surface area contributed by atoms with Crippen LogP contribution in [-0.4, -0.2) is 30.5 Å². The molecule has 0 aliphatic heterocycles. The van der Waals surface area contributed by atoms with Crippen LogP contribution in [0.15, 0.2) is 18.2 Å². The lowest BCUT2D eigenvalue weighted by atomic mass is 10.1. The van der Waals surface area contributed by atoms with Crippen molar-refractivity contribution in [2.24, 2.45) is 0 Å². The first-order valence-electron chi connectivity index (χ1n) is 6.66. The molecule has 0 aromatic heterocycles. The van der Waals surface area contributed by atoms with Crippen molar-refractivity contribution in [3.8, 4) is 0 Å². The third-order valence-corrected chi connectivity index (χ3v) is 2.82. The second-order valence-corrected chi connectivity index (χ2v) is 6.12. The van der Waals surface area contributed by atoms with E-state index in [2.05, 4.69) is 5.32 Å². The fraction of sp³-hybridized carbons (Fsp3) is 0.600. The van der Waals surface area contributed by atoms with Gasteiger partial charge in [0.15, 0.2) is 0 Å². The number of nitrogens with one attached hydrogen (secondary N) is 1. The van der Waals surface area contributed by atoms with E-state index in [0.717, 1.165) is 5.56 Å². The summed E-state index contributed by atoms with van der Waals surface area (Å²) in [6.45, 7) is 6.59. The van der Waals surface area contributed by atoms with Crippen LogP contribution in [0.4, 0.5) is 13.2 Å². The largest absolute Gasteiger partial charge is 0.308 e. The van der Waals surface area contributed by atoms with Crippen LogP contribution in [0.2, 0.25) is 0 Å². The summed E-state index contributed by atoms with van der Waals surface area (Å²) >= 11 is 0. The van der Waals surface area contributed by atoms with Gasteiger partial charge in [0.1, 0.15) is 5.82 Å². The molecule has 0 aliphatic carbocycles. The monoisotopic (exact) mass is 288 g/mol. The van der Waals surface area contributed by atoms with Gasteiger partial charge in [-0.3, -0.25) is 4.90 Å². The second kappa shape index (κ2) is 7.09. The summed E-state index contributed by atoms with van der Waals surface area (Å²) in [5, 5.41) is 3.31. The highest BCUT2D eigenvalue weighted by molar-refractivity contribution is 5.25. The summed E-state index contributed by atoms with van der Waals surface area (Å²) in [5.74, 6) is -0.356. The third kappa shape index (κ3) is 6.39. The van der Waals surface area contributed by atoms with Crippen LogP contribution in [0.5, 0.6) is 0 Å². The van der Waals surface area contributed by atoms with Gasteiger partial charge in [-0.1, -0.05) is 12.1 Å². The van der Waals surface area contributed by atoms with Gasteiger partial charge in [-0.2, -0.15) is 0 Å². The Kier molecular flexibility index (Phi) is 6.02. The van der Waals surface area contributed by atoms with Crippen LogP contribution in [0, 0.1) is 5.82 Å². The lowest BCUT2D eigenvalue weighted by Gasteiger charge is -2.21. The summed E-state index contributed by atoms with van der Waals surface area (Å²) in [5.41, 5.74) is 1.37. The Morgan fingerprint density at radius 3 is 2.45 bits per heavy atom. The number of alkyl halides is 2. The molecule has 1 rings (SSSR count). The van der Waals surface area contributed by atoms with Crippen LogP contribution in [0.1, 0.15) is 31.9 Å². The van der Waals surface area contributed by atoms with E-state index in [1.807, 2.05) is 20.8 Å². The SMILES string of the molecule is CN(Cc1cc(CNC(C)(C)C)ccc1F)CC(F)F. The zero-order valence-corrected chi connectivity index (χ0v) is 12.5. The molecule has 0 atom stereocenters. The van der Waals surface area contributed by atoms with Crippen molar-refractivity contribution < 1.29 is 13.2 Å². The van der Waals surface area contributed by atoms with E-state index in [4.69, 9.17) is 0 Å². The van der Waals surface area contributed by atoms with Crippen molar-refractivity contribution in [1.82, 2.24) is 10.2 Å². The van der Waals surface area contributed by atoms with Crippen LogP contribution in [-0.2, 0) is 13.1 Å². The predicted octanol–water partition coefficient (Wildman–Crippen LogP) is 3.41. The summed E-state index contributed by atoms with van der Waals surface area (Å²) in [4.78, 5) is 1.42. The standard InChI is InChI=1S/C15H23F3N2/c1-15(2,3)19-8-11-5-6-13(16)12(7-11)9-20(4)10-14(17)18/h5-7,14,19H,8-10H2,1-4H3. The van der Waals surface area contributed by atoms with E-state index < -0.39 is 6.43 Å². The van der Waals surface area contributed by atoms with Crippen molar-refractivity contribution in [1.29, 1.82) is 0 Å². The molecule has 1 aromatic rings. The van der Waals surface area contributed by atoms with E-state index in [9.17, 15) is 13.2 Å². The first-order chi connectivity index (χ1) is 9.17. The topological polar surface area (TPSA) is 15.3 Å². The number of rotatable bonds is 6. The summed E-state index contributed by atoms with van der Waals surface area (Å²) < 4.78 is 38.3. The maximum Gasteiger partial charge on any atom is 0.251 e. The zero-order valence-electron chi connectivity index (χ0n) is 12.5. The van der Waals surface area contributed by atoms with Crippen molar-refractivity contribution in [2.75, 3.05) is 13.6 Å². The van der Waals surface area contributed by atoms with E-state index >= 15 is 0 Å².